The van der Waals surface area contributed by atoms with Gasteiger partial charge < -0.3 is 0 Å². The average Bonchev–Trinajstić information content (AvgIpc) is 2.64. The predicted octanol–water partition coefficient (Wildman–Crippen LogP) is 3.47. The molecule has 0 aromatic heterocycles. The van der Waals surface area contributed by atoms with Gasteiger partial charge in [-0.05, 0) is 0 Å². The molecule has 1 saturated carbocycles. The van der Waals surface area contributed by atoms with Crippen LogP contribution >= 0.6 is 7.37 Å². The zero-order valence-corrected chi connectivity index (χ0v) is 13.2. The van der Waals surface area contributed by atoms with Gasteiger partial charge in [0, 0.05) is 0 Å². The average molecular weight is 256 g/mol. The van der Waals surface area contributed by atoms with E-state index >= 15 is 0 Å². The van der Waals surface area contributed by atoms with Crippen LogP contribution in [0.4, 0.5) is 0 Å². The topological polar surface area (TPSA) is 9.23 Å². The minimum absolute atomic E-state index is 0.591. The first-order valence-electron chi connectivity index (χ1n) is 7.68. The standard InChI is InChI=1S/C14H30BOP/c1-11(2)13-7-6-12(3)10-14(13)16-17(15)8-4-5-9-17/h11-14,17H,4-10,15H2,1-3H3/t12-,13+,14-/m1/s1. The second kappa shape index (κ2) is 5.62. The van der Waals surface area contributed by atoms with Crippen LogP contribution in [0.2, 0.25) is 0 Å². The molecule has 2 aliphatic rings. The second-order valence-corrected chi connectivity index (χ2v) is 11.3. The van der Waals surface area contributed by atoms with Gasteiger partial charge in [-0.3, -0.25) is 0 Å². The van der Waals surface area contributed by atoms with Crippen LogP contribution < -0.4 is 0 Å². The Balaban J connectivity index is 1.99. The summed E-state index contributed by atoms with van der Waals surface area (Å²) in [6.07, 6.45) is 10.4. The van der Waals surface area contributed by atoms with Crippen molar-refractivity contribution in [2.75, 3.05) is 12.3 Å². The van der Waals surface area contributed by atoms with Crippen molar-refractivity contribution < 1.29 is 4.52 Å². The van der Waals surface area contributed by atoms with E-state index in [1.807, 2.05) is 0 Å². The summed E-state index contributed by atoms with van der Waals surface area (Å²) in [6, 6.07) is 0. The van der Waals surface area contributed by atoms with Crippen molar-refractivity contribution in [3.05, 3.63) is 0 Å². The molecule has 0 bridgehead atoms. The van der Waals surface area contributed by atoms with Crippen molar-refractivity contribution in [3.63, 3.8) is 0 Å². The summed E-state index contributed by atoms with van der Waals surface area (Å²) in [7, 11) is 1.19. The van der Waals surface area contributed by atoms with E-state index in [2.05, 4.69) is 28.3 Å². The molecule has 17 heavy (non-hydrogen) atoms. The van der Waals surface area contributed by atoms with E-state index in [1.165, 1.54) is 44.4 Å². The Kier molecular flexibility index (Phi) is 4.58. The molecule has 0 unspecified atom stereocenters. The zero-order valence-electron chi connectivity index (χ0n) is 12.2. The van der Waals surface area contributed by atoms with Crippen LogP contribution in [0, 0.1) is 17.8 Å². The minimum atomic E-state index is -1.29. The van der Waals surface area contributed by atoms with Crippen LogP contribution in [0.1, 0.15) is 52.9 Å². The molecule has 3 heteroatoms. The third-order valence-electron chi connectivity index (χ3n) is 5.06. The van der Waals surface area contributed by atoms with Gasteiger partial charge in [-0.25, -0.2) is 0 Å². The zero-order chi connectivity index (χ0) is 12.5. The van der Waals surface area contributed by atoms with E-state index < -0.39 is 7.37 Å². The first kappa shape index (κ1) is 13.9. The van der Waals surface area contributed by atoms with E-state index in [-0.39, 0.29) is 0 Å². The molecule has 1 heterocycles. The van der Waals surface area contributed by atoms with Gasteiger partial charge in [-0.2, -0.15) is 0 Å². The predicted molar refractivity (Wildman–Crippen MR) is 82.0 cm³/mol. The van der Waals surface area contributed by atoms with Gasteiger partial charge in [0.1, 0.15) is 0 Å². The molecular formula is C14H30BOP. The van der Waals surface area contributed by atoms with Gasteiger partial charge in [0.2, 0.25) is 0 Å². The monoisotopic (exact) mass is 256 g/mol. The van der Waals surface area contributed by atoms with E-state index in [4.69, 9.17) is 4.52 Å². The van der Waals surface area contributed by atoms with Crippen molar-refractivity contribution in [3.8, 4) is 0 Å². The van der Waals surface area contributed by atoms with Gasteiger partial charge in [0.25, 0.3) is 0 Å². The van der Waals surface area contributed by atoms with Crippen LogP contribution in [0.25, 0.3) is 0 Å². The summed E-state index contributed by atoms with van der Waals surface area (Å²) in [5.41, 5.74) is 0. The number of hydrogen-bond acceptors (Lipinski definition) is 1. The molecule has 100 valence electrons. The fourth-order valence-corrected chi connectivity index (χ4v) is 7.34. The van der Waals surface area contributed by atoms with Gasteiger partial charge in [-0.1, -0.05) is 0 Å². The first-order valence-corrected chi connectivity index (χ1v) is 10.5. The van der Waals surface area contributed by atoms with Crippen molar-refractivity contribution >= 4 is 14.9 Å². The van der Waals surface area contributed by atoms with Gasteiger partial charge >= 0.3 is 109 Å². The summed E-state index contributed by atoms with van der Waals surface area (Å²) >= 11 is 0. The molecule has 1 nitrogen and oxygen atoms in total. The maximum absolute atomic E-state index is 6.72. The van der Waals surface area contributed by atoms with Crippen molar-refractivity contribution in [2.24, 2.45) is 17.8 Å². The molecule has 1 aliphatic heterocycles. The van der Waals surface area contributed by atoms with Crippen molar-refractivity contribution in [1.29, 1.82) is 0 Å². The Bertz CT molecular complexity index is 251. The number of rotatable bonds is 3. The fraction of sp³-hybridized carbons (Fsp3) is 1.00. The van der Waals surface area contributed by atoms with Gasteiger partial charge in [0.05, 0.1) is 0 Å². The molecule has 0 amide bonds. The summed E-state index contributed by atoms with van der Waals surface area (Å²) in [5, 5.41) is 0. The molecule has 0 N–H and O–H groups in total. The van der Waals surface area contributed by atoms with E-state index in [9.17, 15) is 0 Å². The third kappa shape index (κ3) is 3.47. The summed E-state index contributed by atoms with van der Waals surface area (Å²) in [6.45, 7) is 7.18. The van der Waals surface area contributed by atoms with Gasteiger partial charge in [0.15, 0.2) is 0 Å². The molecule has 2 fully saturated rings. The molecule has 0 aromatic rings. The Morgan fingerprint density at radius 2 is 1.82 bits per heavy atom. The molecule has 0 spiro atoms. The molecule has 1 aliphatic carbocycles. The summed E-state index contributed by atoms with van der Waals surface area (Å²) < 4.78 is 6.72. The molecule has 1 saturated heterocycles. The fourth-order valence-electron chi connectivity index (χ4n) is 3.86. The van der Waals surface area contributed by atoms with Crippen molar-refractivity contribution in [1.82, 2.24) is 0 Å². The van der Waals surface area contributed by atoms with Crippen LogP contribution in [0.15, 0.2) is 0 Å². The van der Waals surface area contributed by atoms with Crippen LogP contribution in [0.3, 0.4) is 0 Å². The molecule has 0 aromatic carbocycles. The molecular weight excluding hydrogens is 226 g/mol. The Morgan fingerprint density at radius 1 is 1.18 bits per heavy atom. The summed E-state index contributed by atoms with van der Waals surface area (Å²) in [4.78, 5) is 0. The normalized spacial score (nSPS) is 39.4. The maximum atomic E-state index is 6.72. The van der Waals surface area contributed by atoms with Crippen LogP contribution in [-0.2, 0) is 4.52 Å². The van der Waals surface area contributed by atoms with Crippen LogP contribution in [-0.4, -0.2) is 26.0 Å². The summed E-state index contributed by atoms with van der Waals surface area (Å²) in [5.74, 6) is 2.51. The van der Waals surface area contributed by atoms with E-state index in [1.54, 1.807) is 0 Å². The molecule has 3 atom stereocenters. The SMILES string of the molecule is B[PH]1(O[C@@H]2C[C@H](C)CC[C@H]2C(C)C)CCCC1. The Morgan fingerprint density at radius 3 is 2.41 bits per heavy atom. The molecule has 2 rings (SSSR count). The quantitative estimate of drug-likeness (QED) is 0.555. The van der Waals surface area contributed by atoms with Gasteiger partial charge in [-0.15, -0.1) is 0 Å². The first-order chi connectivity index (χ1) is 8.00. The Hall–Kier alpha value is 0.455. The molecule has 0 radical (unpaired) electrons. The Labute approximate surface area is 109 Å². The van der Waals surface area contributed by atoms with E-state index in [0.29, 0.717) is 6.10 Å². The van der Waals surface area contributed by atoms with Crippen molar-refractivity contribution in [2.45, 2.75) is 59.0 Å². The number of hydrogen-bond donors (Lipinski definition) is 0. The third-order valence-corrected chi connectivity index (χ3v) is 8.75. The second-order valence-electron chi connectivity index (χ2n) is 7.14. The van der Waals surface area contributed by atoms with E-state index in [0.717, 1.165) is 17.8 Å². The van der Waals surface area contributed by atoms with Crippen LogP contribution in [0.5, 0.6) is 0 Å².